The molecule has 1 fully saturated rings. The van der Waals surface area contributed by atoms with Gasteiger partial charge in [0.2, 0.25) is 5.75 Å². The Hall–Kier alpha value is -4.00. The fourth-order valence-electron chi connectivity index (χ4n) is 4.53. The molecule has 45 heavy (non-hydrogen) atoms. The zero-order chi connectivity index (χ0) is 32.9. The van der Waals surface area contributed by atoms with Crippen molar-refractivity contribution in [3.8, 4) is 11.5 Å². The van der Waals surface area contributed by atoms with Crippen LogP contribution in [0.5, 0.6) is 11.5 Å². The summed E-state index contributed by atoms with van der Waals surface area (Å²) in [6, 6.07) is 9.04. The van der Waals surface area contributed by atoms with Crippen molar-refractivity contribution in [3.63, 3.8) is 0 Å². The SMILES string of the molecule is COc1ccnc(C(=O)N[C@H]2COC(=O)[C@H](Cc3ccccc3)[C@@H](OC(=O)C(C)C)[C@H](C)OC2=O)c1OC(=O)CCCCCBr. The van der Waals surface area contributed by atoms with Gasteiger partial charge in [-0.15, -0.1) is 0 Å². The van der Waals surface area contributed by atoms with Crippen LogP contribution in [0, 0.1) is 11.8 Å². The van der Waals surface area contributed by atoms with Crippen LogP contribution in [0.4, 0.5) is 0 Å². The van der Waals surface area contributed by atoms with E-state index in [4.69, 9.17) is 23.7 Å². The second-order valence-corrected chi connectivity index (χ2v) is 11.6. The number of nitrogens with zero attached hydrogens (tertiary/aromatic N) is 1. The molecule has 0 saturated carbocycles. The molecule has 1 saturated heterocycles. The Bertz CT molecular complexity index is 1340. The van der Waals surface area contributed by atoms with E-state index in [9.17, 15) is 24.0 Å². The van der Waals surface area contributed by atoms with Crippen LogP contribution in [0.25, 0.3) is 0 Å². The molecule has 13 heteroatoms. The van der Waals surface area contributed by atoms with E-state index in [-0.39, 0.29) is 30.0 Å². The summed E-state index contributed by atoms with van der Waals surface area (Å²) in [7, 11) is 1.34. The maximum Gasteiger partial charge on any atom is 0.332 e. The number of carbonyl (C=O) groups excluding carboxylic acids is 5. The summed E-state index contributed by atoms with van der Waals surface area (Å²) in [5.41, 5.74) is 0.461. The van der Waals surface area contributed by atoms with Crippen molar-refractivity contribution in [2.24, 2.45) is 11.8 Å². The molecule has 0 radical (unpaired) electrons. The Kier molecular flexibility index (Phi) is 13.8. The number of pyridine rings is 1. The molecule has 1 aliphatic heterocycles. The number of cyclic esters (lactones) is 2. The van der Waals surface area contributed by atoms with E-state index in [1.807, 2.05) is 30.3 Å². The van der Waals surface area contributed by atoms with Gasteiger partial charge in [0.1, 0.15) is 18.6 Å². The molecule has 0 aliphatic carbocycles. The predicted octanol–water partition coefficient (Wildman–Crippen LogP) is 3.96. The Labute approximate surface area is 270 Å². The van der Waals surface area contributed by atoms with Crippen LogP contribution in [-0.2, 0) is 39.8 Å². The zero-order valence-corrected chi connectivity index (χ0v) is 27.4. The molecule has 0 spiro atoms. The number of hydrogen-bond donors (Lipinski definition) is 1. The summed E-state index contributed by atoms with van der Waals surface area (Å²) in [5.74, 6) is -5.37. The Morgan fingerprint density at radius 2 is 1.80 bits per heavy atom. The molecule has 1 aromatic carbocycles. The highest BCUT2D eigenvalue weighted by atomic mass is 79.9. The summed E-state index contributed by atoms with van der Waals surface area (Å²) < 4.78 is 27.6. The van der Waals surface area contributed by atoms with Gasteiger partial charge in [0.15, 0.2) is 23.6 Å². The van der Waals surface area contributed by atoms with Crippen molar-refractivity contribution in [2.75, 3.05) is 19.0 Å². The van der Waals surface area contributed by atoms with Crippen LogP contribution in [0.1, 0.15) is 62.5 Å². The molecule has 1 N–H and O–H groups in total. The fraction of sp³-hybridized carbons (Fsp3) is 0.500. The van der Waals surface area contributed by atoms with Crippen molar-refractivity contribution in [3.05, 3.63) is 53.9 Å². The number of esters is 4. The van der Waals surface area contributed by atoms with Gasteiger partial charge in [-0.2, -0.15) is 0 Å². The lowest BCUT2D eigenvalue weighted by atomic mass is 9.91. The molecule has 244 valence electrons. The summed E-state index contributed by atoms with van der Waals surface area (Å²) in [6.07, 6.45) is 1.60. The van der Waals surface area contributed by atoms with Gasteiger partial charge >= 0.3 is 23.9 Å². The minimum atomic E-state index is -1.46. The van der Waals surface area contributed by atoms with Crippen molar-refractivity contribution >= 4 is 45.7 Å². The minimum Gasteiger partial charge on any atom is -0.493 e. The molecule has 12 nitrogen and oxygen atoms in total. The monoisotopic (exact) mass is 690 g/mol. The molecule has 1 amide bonds. The molecular weight excluding hydrogens is 652 g/mol. The minimum absolute atomic E-state index is 0.0830. The van der Waals surface area contributed by atoms with Crippen LogP contribution >= 0.6 is 15.9 Å². The number of ether oxygens (including phenoxy) is 5. The average Bonchev–Trinajstić information content (AvgIpc) is 3.05. The lowest BCUT2D eigenvalue weighted by molar-refractivity contribution is -0.176. The van der Waals surface area contributed by atoms with E-state index in [0.717, 1.165) is 23.7 Å². The number of alkyl halides is 1. The number of rotatable bonds is 13. The van der Waals surface area contributed by atoms with Gasteiger partial charge in [-0.3, -0.25) is 19.2 Å². The fourth-order valence-corrected chi connectivity index (χ4v) is 4.93. The molecule has 2 aromatic rings. The number of halogens is 1. The number of nitrogens with one attached hydrogen (secondary N) is 1. The Balaban J connectivity index is 1.84. The normalized spacial score (nSPS) is 20.1. The largest absolute Gasteiger partial charge is 0.493 e. The molecule has 0 unspecified atom stereocenters. The highest BCUT2D eigenvalue weighted by Gasteiger charge is 2.42. The first-order chi connectivity index (χ1) is 21.5. The van der Waals surface area contributed by atoms with Crippen molar-refractivity contribution in [1.29, 1.82) is 0 Å². The molecule has 1 aliphatic rings. The average molecular weight is 692 g/mol. The van der Waals surface area contributed by atoms with Gasteiger partial charge in [0.25, 0.3) is 5.91 Å². The second-order valence-electron chi connectivity index (χ2n) is 10.8. The zero-order valence-electron chi connectivity index (χ0n) is 25.8. The third kappa shape index (κ3) is 10.3. The molecule has 3 rings (SSSR count). The van der Waals surface area contributed by atoms with Gasteiger partial charge in [-0.1, -0.05) is 66.5 Å². The van der Waals surface area contributed by atoms with Crippen LogP contribution in [0.15, 0.2) is 42.6 Å². The first-order valence-electron chi connectivity index (χ1n) is 14.8. The quantitative estimate of drug-likeness (QED) is 0.140. The molecule has 0 bridgehead atoms. The van der Waals surface area contributed by atoms with Gasteiger partial charge in [-0.25, -0.2) is 9.78 Å². The van der Waals surface area contributed by atoms with Crippen LogP contribution in [0.2, 0.25) is 0 Å². The number of carbonyl (C=O) groups is 5. The first-order valence-corrected chi connectivity index (χ1v) is 15.9. The third-order valence-corrected chi connectivity index (χ3v) is 7.56. The van der Waals surface area contributed by atoms with Gasteiger partial charge in [0, 0.05) is 24.0 Å². The highest BCUT2D eigenvalue weighted by molar-refractivity contribution is 9.09. The molecule has 1 aromatic heterocycles. The standard InChI is InChI=1S/C32H39BrN2O10/c1-19(2)30(38)45-27-20(3)43-32(40)23(18-42-31(39)22(27)17-21-11-7-5-8-12-21)35-29(37)26-28(24(41-4)14-16-34-26)44-25(36)13-9-6-10-15-33/h5,7-8,11-12,14,16,19-20,22-23,27H,6,9-10,13,15,17-18H2,1-4H3,(H,35,37)/t20-,22+,23-,27-/m0/s1. The van der Waals surface area contributed by atoms with E-state index in [1.165, 1.54) is 26.3 Å². The summed E-state index contributed by atoms with van der Waals surface area (Å²) >= 11 is 3.35. The number of aromatic nitrogens is 1. The van der Waals surface area contributed by atoms with Crippen LogP contribution in [-0.4, -0.2) is 72.1 Å². The van der Waals surface area contributed by atoms with E-state index in [2.05, 4.69) is 26.2 Å². The highest BCUT2D eigenvalue weighted by Crippen LogP contribution is 2.30. The predicted molar refractivity (Wildman–Crippen MR) is 165 cm³/mol. The summed E-state index contributed by atoms with van der Waals surface area (Å²) in [4.78, 5) is 69.4. The summed E-state index contributed by atoms with van der Waals surface area (Å²) in [5, 5.41) is 3.29. The second kappa shape index (κ2) is 17.5. The van der Waals surface area contributed by atoms with E-state index >= 15 is 0 Å². The maximum atomic E-state index is 13.4. The lowest BCUT2D eigenvalue weighted by Gasteiger charge is -2.29. The Morgan fingerprint density at radius 1 is 1.07 bits per heavy atom. The van der Waals surface area contributed by atoms with Gasteiger partial charge in [-0.05, 0) is 31.7 Å². The number of amides is 1. The van der Waals surface area contributed by atoms with Crippen LogP contribution in [0.3, 0.4) is 0 Å². The number of methoxy groups -OCH3 is 1. The third-order valence-electron chi connectivity index (χ3n) is 7.00. The van der Waals surface area contributed by atoms with Crippen molar-refractivity contribution in [2.45, 2.75) is 71.1 Å². The first kappa shape index (κ1) is 35.5. The number of unbranched alkanes of at least 4 members (excludes halogenated alkanes) is 2. The number of benzene rings is 1. The number of hydrogen-bond acceptors (Lipinski definition) is 11. The Morgan fingerprint density at radius 3 is 2.47 bits per heavy atom. The van der Waals surface area contributed by atoms with Crippen molar-refractivity contribution in [1.82, 2.24) is 10.3 Å². The lowest BCUT2D eigenvalue weighted by Crippen LogP contribution is -2.47. The van der Waals surface area contributed by atoms with Crippen LogP contribution < -0.4 is 14.8 Å². The smallest absolute Gasteiger partial charge is 0.332 e. The molecule has 4 atom stereocenters. The van der Waals surface area contributed by atoms with Crippen molar-refractivity contribution < 1.29 is 47.7 Å². The topological polar surface area (TPSA) is 156 Å². The molecule has 2 heterocycles. The van der Waals surface area contributed by atoms with E-state index in [0.29, 0.717) is 6.42 Å². The van der Waals surface area contributed by atoms with E-state index in [1.54, 1.807) is 13.8 Å². The molecular formula is C32H39BrN2O10. The van der Waals surface area contributed by atoms with Gasteiger partial charge < -0.3 is 29.0 Å². The maximum absolute atomic E-state index is 13.4. The van der Waals surface area contributed by atoms with E-state index < -0.39 is 66.5 Å². The van der Waals surface area contributed by atoms with Gasteiger partial charge in [0.05, 0.1) is 13.0 Å². The summed E-state index contributed by atoms with van der Waals surface area (Å²) in [6.45, 7) is 4.23.